The van der Waals surface area contributed by atoms with Gasteiger partial charge in [0, 0.05) is 38.4 Å². The number of aromatic nitrogens is 2. The molecule has 0 radical (unpaired) electrons. The van der Waals surface area contributed by atoms with Crippen LogP contribution in [0.15, 0.2) is 17.4 Å². The summed E-state index contributed by atoms with van der Waals surface area (Å²) in [6.45, 7) is 8.81. The molecule has 2 fully saturated rings. The smallest absolute Gasteiger partial charge is 0.194 e. The van der Waals surface area contributed by atoms with E-state index in [9.17, 15) is 0 Å². The minimum absolute atomic E-state index is 0. The topological polar surface area (TPSA) is 54.7 Å². The minimum Gasteiger partial charge on any atom is -0.370 e. The second-order valence-electron chi connectivity index (χ2n) is 7.59. The third-order valence-corrected chi connectivity index (χ3v) is 5.34. The Morgan fingerprint density at radius 1 is 1.42 bits per heavy atom. The maximum Gasteiger partial charge on any atom is 0.194 e. The number of nitrogens with zero attached hydrogens (tertiary/aromatic N) is 4. The summed E-state index contributed by atoms with van der Waals surface area (Å²) < 4.78 is 7.80. The van der Waals surface area contributed by atoms with Crippen LogP contribution in [0, 0.1) is 11.8 Å². The standard InChI is InChI=1S/C19H33N5O.HI/c1-4-20-19(21-11-16-7-5-6-15(2)10-16)24-8-9-25-18(14-24)17-12-22-23(3)13-17;/h12-13,15-16,18H,4-11,14H2,1-3H3,(H,20,21);1H. The van der Waals surface area contributed by atoms with Crippen molar-refractivity contribution in [2.75, 3.05) is 32.8 Å². The molecule has 3 rings (SSSR count). The van der Waals surface area contributed by atoms with Gasteiger partial charge in [0.05, 0.1) is 19.3 Å². The Labute approximate surface area is 174 Å². The van der Waals surface area contributed by atoms with Crippen molar-refractivity contribution in [1.29, 1.82) is 0 Å². The van der Waals surface area contributed by atoms with Crippen molar-refractivity contribution >= 4 is 29.9 Å². The van der Waals surface area contributed by atoms with Crippen molar-refractivity contribution in [3.8, 4) is 0 Å². The van der Waals surface area contributed by atoms with Gasteiger partial charge in [-0.25, -0.2) is 0 Å². The van der Waals surface area contributed by atoms with Crippen LogP contribution in [-0.2, 0) is 11.8 Å². The number of halogens is 1. The molecule has 1 saturated heterocycles. The highest BCUT2D eigenvalue weighted by Crippen LogP contribution is 2.29. The number of hydrogen-bond acceptors (Lipinski definition) is 3. The molecule has 1 saturated carbocycles. The van der Waals surface area contributed by atoms with Crippen molar-refractivity contribution in [1.82, 2.24) is 20.0 Å². The van der Waals surface area contributed by atoms with Crippen LogP contribution in [0.25, 0.3) is 0 Å². The molecular formula is C19H34IN5O. The van der Waals surface area contributed by atoms with Gasteiger partial charge in [-0.05, 0) is 31.6 Å². The van der Waals surface area contributed by atoms with E-state index in [1.807, 2.05) is 24.1 Å². The van der Waals surface area contributed by atoms with Gasteiger partial charge in [-0.3, -0.25) is 9.67 Å². The average molecular weight is 475 g/mol. The Balaban J connectivity index is 0.00000243. The zero-order chi connectivity index (χ0) is 17.6. The molecule has 2 aliphatic rings. The monoisotopic (exact) mass is 475 g/mol. The maximum atomic E-state index is 5.97. The lowest BCUT2D eigenvalue weighted by Crippen LogP contribution is -2.48. The molecule has 1 aliphatic carbocycles. The largest absolute Gasteiger partial charge is 0.370 e. The third-order valence-electron chi connectivity index (χ3n) is 5.34. The van der Waals surface area contributed by atoms with Crippen LogP contribution in [0.3, 0.4) is 0 Å². The molecule has 1 aromatic rings. The van der Waals surface area contributed by atoms with Crippen LogP contribution in [0.1, 0.15) is 51.2 Å². The van der Waals surface area contributed by atoms with E-state index in [4.69, 9.17) is 9.73 Å². The molecule has 7 heteroatoms. The van der Waals surface area contributed by atoms with E-state index in [1.165, 1.54) is 25.7 Å². The lowest BCUT2D eigenvalue weighted by molar-refractivity contribution is -0.00807. The minimum atomic E-state index is 0. The fourth-order valence-electron chi connectivity index (χ4n) is 4.02. The van der Waals surface area contributed by atoms with Crippen molar-refractivity contribution in [2.24, 2.45) is 23.9 Å². The number of aryl methyl sites for hydroxylation is 1. The summed E-state index contributed by atoms with van der Waals surface area (Å²) >= 11 is 0. The number of ether oxygens (including phenoxy) is 1. The molecular weight excluding hydrogens is 441 g/mol. The highest BCUT2D eigenvalue weighted by Gasteiger charge is 2.25. The van der Waals surface area contributed by atoms with Gasteiger partial charge in [-0.15, -0.1) is 24.0 Å². The molecule has 1 aromatic heterocycles. The van der Waals surface area contributed by atoms with Gasteiger partial charge in [0.2, 0.25) is 0 Å². The SMILES string of the molecule is CCNC(=NCC1CCCC(C)C1)N1CCOC(c2cnn(C)c2)C1.I. The molecule has 6 nitrogen and oxygen atoms in total. The van der Waals surface area contributed by atoms with Gasteiger partial charge < -0.3 is 15.0 Å². The summed E-state index contributed by atoms with van der Waals surface area (Å²) in [4.78, 5) is 7.33. The number of aliphatic imine (C=N–C) groups is 1. The first-order valence-electron chi connectivity index (χ1n) is 9.79. The summed E-state index contributed by atoms with van der Waals surface area (Å²) in [5, 5.41) is 7.75. The first kappa shape index (κ1) is 21.5. The van der Waals surface area contributed by atoms with E-state index < -0.39 is 0 Å². The summed E-state index contributed by atoms with van der Waals surface area (Å²) in [6.07, 6.45) is 9.41. The normalized spacial score (nSPS) is 27.1. The van der Waals surface area contributed by atoms with Crippen molar-refractivity contribution in [3.63, 3.8) is 0 Å². The summed E-state index contributed by atoms with van der Waals surface area (Å²) in [6, 6.07) is 0. The number of guanidine groups is 1. The van der Waals surface area contributed by atoms with Gasteiger partial charge in [-0.2, -0.15) is 5.10 Å². The molecule has 0 amide bonds. The van der Waals surface area contributed by atoms with Gasteiger partial charge in [0.1, 0.15) is 6.10 Å². The fourth-order valence-corrected chi connectivity index (χ4v) is 4.02. The molecule has 3 atom stereocenters. The Morgan fingerprint density at radius 2 is 2.27 bits per heavy atom. The lowest BCUT2D eigenvalue weighted by Gasteiger charge is -2.35. The van der Waals surface area contributed by atoms with E-state index in [2.05, 4.69) is 29.2 Å². The van der Waals surface area contributed by atoms with E-state index in [0.717, 1.165) is 56.1 Å². The molecule has 0 aromatic carbocycles. The second kappa shape index (κ2) is 10.5. The molecule has 26 heavy (non-hydrogen) atoms. The van der Waals surface area contributed by atoms with Crippen LogP contribution in [0.4, 0.5) is 0 Å². The zero-order valence-electron chi connectivity index (χ0n) is 16.4. The first-order valence-corrected chi connectivity index (χ1v) is 9.79. The number of morpholine rings is 1. The molecule has 3 unspecified atom stereocenters. The summed E-state index contributed by atoms with van der Waals surface area (Å²) in [7, 11) is 1.95. The molecule has 1 aliphatic heterocycles. The van der Waals surface area contributed by atoms with E-state index in [-0.39, 0.29) is 30.1 Å². The van der Waals surface area contributed by atoms with Crippen LogP contribution in [0.2, 0.25) is 0 Å². The molecule has 2 heterocycles. The highest BCUT2D eigenvalue weighted by molar-refractivity contribution is 14.0. The van der Waals surface area contributed by atoms with Gasteiger partial charge in [0.25, 0.3) is 0 Å². The van der Waals surface area contributed by atoms with Crippen molar-refractivity contribution < 1.29 is 4.74 Å². The predicted octanol–water partition coefficient (Wildman–Crippen LogP) is 3.20. The number of nitrogens with one attached hydrogen (secondary N) is 1. The van der Waals surface area contributed by atoms with E-state index in [0.29, 0.717) is 0 Å². The second-order valence-corrected chi connectivity index (χ2v) is 7.59. The summed E-state index contributed by atoms with van der Waals surface area (Å²) in [5.74, 6) is 2.64. The van der Waals surface area contributed by atoms with Crippen LogP contribution < -0.4 is 5.32 Å². The van der Waals surface area contributed by atoms with Crippen LogP contribution in [-0.4, -0.2) is 53.4 Å². The van der Waals surface area contributed by atoms with Crippen LogP contribution in [0.5, 0.6) is 0 Å². The number of rotatable bonds is 4. The molecule has 1 N–H and O–H groups in total. The molecule has 0 spiro atoms. The fraction of sp³-hybridized carbons (Fsp3) is 0.789. The zero-order valence-corrected chi connectivity index (χ0v) is 18.7. The maximum absolute atomic E-state index is 5.97. The first-order chi connectivity index (χ1) is 12.2. The van der Waals surface area contributed by atoms with E-state index >= 15 is 0 Å². The van der Waals surface area contributed by atoms with Gasteiger partial charge in [0.15, 0.2) is 5.96 Å². The van der Waals surface area contributed by atoms with Crippen LogP contribution >= 0.6 is 24.0 Å². The molecule has 148 valence electrons. The van der Waals surface area contributed by atoms with Gasteiger partial charge in [-0.1, -0.05) is 19.8 Å². The predicted molar refractivity (Wildman–Crippen MR) is 116 cm³/mol. The Bertz CT molecular complexity index is 576. The summed E-state index contributed by atoms with van der Waals surface area (Å²) in [5.41, 5.74) is 1.14. The van der Waals surface area contributed by atoms with E-state index in [1.54, 1.807) is 0 Å². The lowest BCUT2D eigenvalue weighted by atomic mass is 9.82. The highest BCUT2D eigenvalue weighted by atomic mass is 127. The Hall–Kier alpha value is -0.830. The van der Waals surface area contributed by atoms with Crippen molar-refractivity contribution in [3.05, 3.63) is 18.0 Å². The Kier molecular flexibility index (Phi) is 8.66. The van der Waals surface area contributed by atoms with Gasteiger partial charge >= 0.3 is 0 Å². The third kappa shape index (κ3) is 5.84. The number of hydrogen-bond donors (Lipinski definition) is 1. The quantitative estimate of drug-likeness (QED) is 0.413. The van der Waals surface area contributed by atoms with Crippen molar-refractivity contribution in [2.45, 2.75) is 45.6 Å². The average Bonchev–Trinajstić information content (AvgIpc) is 3.05. The Morgan fingerprint density at radius 3 is 2.96 bits per heavy atom. The molecule has 0 bridgehead atoms.